The number of aromatic nitrogens is 1. The summed E-state index contributed by atoms with van der Waals surface area (Å²) in [7, 11) is -3.57. The Labute approximate surface area is 188 Å². The molecule has 1 aromatic heterocycles. The third kappa shape index (κ3) is 4.76. The van der Waals surface area contributed by atoms with Gasteiger partial charge in [0, 0.05) is 44.6 Å². The summed E-state index contributed by atoms with van der Waals surface area (Å²) in [6.07, 6.45) is 2.36. The molecule has 1 fully saturated rings. The number of sulfonamides is 1. The van der Waals surface area contributed by atoms with Gasteiger partial charge < -0.3 is 9.32 Å². The zero-order chi connectivity index (χ0) is 22.7. The van der Waals surface area contributed by atoms with E-state index in [1.165, 1.54) is 4.31 Å². The van der Waals surface area contributed by atoms with E-state index in [0.717, 1.165) is 16.7 Å². The highest BCUT2D eigenvalue weighted by Crippen LogP contribution is 2.23. The highest BCUT2D eigenvalue weighted by Gasteiger charge is 2.31. The van der Waals surface area contributed by atoms with Crippen molar-refractivity contribution < 1.29 is 17.6 Å². The van der Waals surface area contributed by atoms with E-state index >= 15 is 0 Å². The number of carbonyl (C=O) groups is 1. The maximum absolute atomic E-state index is 13.1. The highest BCUT2D eigenvalue weighted by molar-refractivity contribution is 7.89. The Balaban J connectivity index is 1.32. The first-order valence-corrected chi connectivity index (χ1v) is 12.1. The molecule has 8 heteroatoms. The van der Waals surface area contributed by atoms with Crippen LogP contribution >= 0.6 is 0 Å². The van der Waals surface area contributed by atoms with E-state index in [9.17, 15) is 13.2 Å². The van der Waals surface area contributed by atoms with Gasteiger partial charge in [0.15, 0.2) is 11.7 Å². The number of nitrogens with zero attached hydrogens (tertiary/aromatic N) is 3. The minimum absolute atomic E-state index is 0.0201. The lowest BCUT2D eigenvalue weighted by atomic mass is 10.2. The lowest BCUT2D eigenvalue weighted by Crippen LogP contribution is -2.50. The van der Waals surface area contributed by atoms with Gasteiger partial charge in [0.1, 0.15) is 0 Å². The van der Waals surface area contributed by atoms with Crippen molar-refractivity contribution in [1.82, 2.24) is 14.2 Å². The average Bonchev–Trinajstić information content (AvgIpc) is 3.29. The molecule has 1 aliphatic heterocycles. The quantitative estimate of drug-likeness (QED) is 0.571. The van der Waals surface area contributed by atoms with Gasteiger partial charge in [0.2, 0.25) is 15.9 Å². The lowest BCUT2D eigenvalue weighted by molar-refractivity contribution is -0.132. The third-order valence-corrected chi connectivity index (χ3v) is 7.76. The van der Waals surface area contributed by atoms with Gasteiger partial charge in [0.05, 0.1) is 11.1 Å². The van der Waals surface area contributed by atoms with Crippen molar-refractivity contribution in [2.45, 2.75) is 31.6 Å². The van der Waals surface area contributed by atoms with E-state index in [1.54, 1.807) is 24.1 Å². The van der Waals surface area contributed by atoms with Gasteiger partial charge in [0.25, 0.3) is 0 Å². The molecule has 0 spiro atoms. The Hall–Kier alpha value is -2.97. The Morgan fingerprint density at radius 1 is 1.03 bits per heavy atom. The Morgan fingerprint density at radius 2 is 1.75 bits per heavy atom. The first-order chi connectivity index (χ1) is 15.3. The topological polar surface area (TPSA) is 83.7 Å². The number of oxazole rings is 1. The van der Waals surface area contributed by atoms with Gasteiger partial charge in [-0.25, -0.2) is 13.4 Å². The van der Waals surface area contributed by atoms with Crippen molar-refractivity contribution in [3.63, 3.8) is 0 Å². The zero-order valence-corrected chi connectivity index (χ0v) is 19.1. The zero-order valence-electron chi connectivity index (χ0n) is 18.3. The summed E-state index contributed by atoms with van der Waals surface area (Å²) in [6.45, 7) is 5.02. The van der Waals surface area contributed by atoms with Crippen molar-refractivity contribution in [2.75, 3.05) is 26.2 Å². The molecule has 168 valence electrons. The Bertz CT molecular complexity index is 1200. The second kappa shape index (κ2) is 9.26. The smallest absolute Gasteiger partial charge is 0.243 e. The van der Waals surface area contributed by atoms with Crippen molar-refractivity contribution in [1.29, 1.82) is 0 Å². The van der Waals surface area contributed by atoms with E-state index in [1.807, 2.05) is 49.4 Å². The van der Waals surface area contributed by atoms with Crippen LogP contribution in [0.4, 0.5) is 0 Å². The molecule has 0 atom stereocenters. The van der Waals surface area contributed by atoms with Crippen LogP contribution in [0.5, 0.6) is 0 Å². The first kappa shape index (κ1) is 22.2. The largest absolute Gasteiger partial charge is 0.441 e. The minimum Gasteiger partial charge on any atom is -0.441 e. The van der Waals surface area contributed by atoms with Gasteiger partial charge >= 0.3 is 0 Å². The van der Waals surface area contributed by atoms with Crippen LogP contribution in [0.25, 0.3) is 11.3 Å². The van der Waals surface area contributed by atoms with Crippen LogP contribution < -0.4 is 0 Å². The monoisotopic (exact) mass is 453 g/mol. The van der Waals surface area contributed by atoms with Crippen molar-refractivity contribution >= 4 is 15.9 Å². The molecule has 0 bridgehead atoms. The van der Waals surface area contributed by atoms with E-state index < -0.39 is 10.0 Å². The summed E-state index contributed by atoms with van der Waals surface area (Å²) in [4.78, 5) is 19.0. The molecule has 4 rings (SSSR count). The van der Waals surface area contributed by atoms with E-state index in [2.05, 4.69) is 4.98 Å². The fourth-order valence-electron chi connectivity index (χ4n) is 3.84. The molecule has 0 N–H and O–H groups in total. The summed E-state index contributed by atoms with van der Waals surface area (Å²) >= 11 is 0. The number of hydrogen-bond acceptors (Lipinski definition) is 5. The number of piperazine rings is 1. The van der Waals surface area contributed by atoms with Crippen LogP contribution in [0.2, 0.25) is 0 Å². The second-order valence-electron chi connectivity index (χ2n) is 8.04. The highest BCUT2D eigenvalue weighted by atomic mass is 32.2. The first-order valence-electron chi connectivity index (χ1n) is 10.7. The SMILES string of the molecule is Cc1ccc(C)c(S(=O)(=O)N2CCN(C(=O)CCc3ncc(-c4ccccc4)o3)CC2)c1. The van der Waals surface area contributed by atoms with E-state index in [0.29, 0.717) is 49.1 Å². The molecular weight excluding hydrogens is 426 g/mol. The number of amides is 1. The lowest BCUT2D eigenvalue weighted by Gasteiger charge is -2.34. The molecular formula is C24H27N3O4S. The van der Waals surface area contributed by atoms with E-state index in [4.69, 9.17) is 4.42 Å². The predicted octanol–water partition coefficient (Wildman–Crippen LogP) is 3.42. The average molecular weight is 454 g/mol. The summed E-state index contributed by atoms with van der Waals surface area (Å²) in [5.74, 6) is 1.18. The van der Waals surface area contributed by atoms with Crippen LogP contribution in [0, 0.1) is 13.8 Å². The second-order valence-corrected chi connectivity index (χ2v) is 9.94. The molecule has 0 radical (unpaired) electrons. The maximum atomic E-state index is 13.1. The number of carbonyl (C=O) groups excluding carboxylic acids is 1. The maximum Gasteiger partial charge on any atom is 0.243 e. The molecule has 32 heavy (non-hydrogen) atoms. The number of rotatable bonds is 6. The molecule has 3 aromatic rings. The Kier molecular flexibility index (Phi) is 6.43. The van der Waals surface area contributed by atoms with Gasteiger partial charge in [-0.15, -0.1) is 0 Å². The molecule has 2 heterocycles. The summed E-state index contributed by atoms with van der Waals surface area (Å²) in [5, 5.41) is 0. The number of benzene rings is 2. The van der Waals surface area contributed by atoms with Crippen molar-refractivity contribution in [2.24, 2.45) is 0 Å². The van der Waals surface area contributed by atoms with Crippen LogP contribution in [-0.4, -0.2) is 54.7 Å². The van der Waals surface area contributed by atoms with Crippen LogP contribution in [-0.2, 0) is 21.2 Å². The van der Waals surface area contributed by atoms with Crippen molar-refractivity contribution in [3.8, 4) is 11.3 Å². The molecule has 7 nitrogen and oxygen atoms in total. The standard InChI is InChI=1S/C24H27N3O4S/c1-18-8-9-19(2)22(16-18)32(29,30)27-14-12-26(13-15-27)24(28)11-10-23-25-17-21(31-23)20-6-4-3-5-7-20/h3-9,16-17H,10-15H2,1-2H3. The van der Waals surface area contributed by atoms with Crippen molar-refractivity contribution in [3.05, 3.63) is 71.7 Å². The summed E-state index contributed by atoms with van der Waals surface area (Å²) < 4.78 is 33.4. The number of hydrogen-bond donors (Lipinski definition) is 0. The predicted molar refractivity (Wildman–Crippen MR) is 122 cm³/mol. The third-order valence-electron chi connectivity index (χ3n) is 5.72. The van der Waals surface area contributed by atoms with Crippen LogP contribution in [0.15, 0.2) is 64.0 Å². The molecule has 1 saturated heterocycles. The van der Waals surface area contributed by atoms with Gasteiger partial charge in [-0.3, -0.25) is 4.79 Å². The minimum atomic E-state index is -3.57. The normalized spacial score (nSPS) is 15.1. The van der Waals surface area contributed by atoms with Gasteiger partial charge in [-0.2, -0.15) is 4.31 Å². The Morgan fingerprint density at radius 3 is 2.47 bits per heavy atom. The fraction of sp³-hybridized carbons (Fsp3) is 0.333. The molecule has 1 aliphatic rings. The van der Waals surface area contributed by atoms with Gasteiger partial charge in [-0.05, 0) is 31.0 Å². The molecule has 2 aromatic carbocycles. The summed E-state index contributed by atoms with van der Waals surface area (Å²) in [5.41, 5.74) is 2.58. The molecule has 0 aliphatic carbocycles. The molecule has 1 amide bonds. The summed E-state index contributed by atoms with van der Waals surface area (Å²) in [6, 6.07) is 15.1. The van der Waals surface area contributed by atoms with Crippen LogP contribution in [0.3, 0.4) is 0 Å². The van der Waals surface area contributed by atoms with Crippen LogP contribution in [0.1, 0.15) is 23.4 Å². The van der Waals surface area contributed by atoms with E-state index in [-0.39, 0.29) is 12.3 Å². The molecule has 0 unspecified atom stereocenters. The van der Waals surface area contributed by atoms with Gasteiger partial charge in [-0.1, -0.05) is 42.5 Å². The fourth-order valence-corrected chi connectivity index (χ4v) is 5.57. The molecule has 0 saturated carbocycles. The number of aryl methyl sites for hydroxylation is 3.